The van der Waals surface area contributed by atoms with E-state index in [4.69, 9.17) is 14.1 Å². The normalized spacial score (nSPS) is 15.2. The molecule has 46 heavy (non-hydrogen) atoms. The molecule has 0 fully saturated rings. The molecule has 0 saturated carbocycles. The molecule has 3 heterocycles. The quantitative estimate of drug-likeness (QED) is 0.174. The smallest absolute Gasteiger partial charge is 0.416 e. The lowest BCUT2D eigenvalue weighted by atomic mass is 9.91. The van der Waals surface area contributed by atoms with Gasteiger partial charge in [0.25, 0.3) is 5.56 Å². The van der Waals surface area contributed by atoms with Crippen LogP contribution in [-0.4, -0.2) is 17.1 Å². The second-order valence-electron chi connectivity index (χ2n) is 11.0. The predicted molar refractivity (Wildman–Crippen MR) is 171 cm³/mol. The molecule has 5 aromatic rings. The Labute approximate surface area is 266 Å². The van der Waals surface area contributed by atoms with Gasteiger partial charge in [-0.05, 0) is 48.2 Å². The Morgan fingerprint density at radius 2 is 1.72 bits per heavy atom. The van der Waals surface area contributed by atoms with Crippen molar-refractivity contribution in [3.63, 3.8) is 0 Å². The molecule has 0 radical (unpaired) electrons. The summed E-state index contributed by atoms with van der Waals surface area (Å²) >= 11 is 1.13. The van der Waals surface area contributed by atoms with Crippen LogP contribution in [0.5, 0.6) is 0 Å². The average molecular weight is 643 g/mol. The fourth-order valence-electron chi connectivity index (χ4n) is 5.38. The van der Waals surface area contributed by atoms with Crippen LogP contribution in [0.2, 0.25) is 0 Å². The standard InChI is InChI=1S/C36H29F3N2O4S/c1-4-44-34(43)30-31(23-9-6-5-7-10-23)40-35-41(32(30)24-15-13-22(14-16-24)21(2)3)33(42)29(46-35)20-27-17-18-28(45-27)25-11-8-12-26(19-25)36(37,38)39/h5-21,32H,4H2,1-3H3/b29-20-. The van der Waals surface area contributed by atoms with Gasteiger partial charge in [0.2, 0.25) is 0 Å². The molecule has 1 aliphatic rings. The number of benzene rings is 3. The van der Waals surface area contributed by atoms with E-state index in [1.54, 1.807) is 19.1 Å². The molecular formula is C36H29F3N2O4S. The highest BCUT2D eigenvalue weighted by Gasteiger charge is 2.35. The number of ether oxygens (including phenoxy) is 1. The molecule has 0 N–H and O–H groups in total. The summed E-state index contributed by atoms with van der Waals surface area (Å²) < 4.78 is 53.0. The van der Waals surface area contributed by atoms with Crippen LogP contribution in [0.15, 0.2) is 111 Å². The Hall–Kier alpha value is -4.96. The van der Waals surface area contributed by atoms with E-state index in [2.05, 4.69) is 13.8 Å². The van der Waals surface area contributed by atoms with Gasteiger partial charge in [0.15, 0.2) is 4.80 Å². The zero-order valence-corrected chi connectivity index (χ0v) is 26.0. The summed E-state index contributed by atoms with van der Waals surface area (Å²) in [5, 5.41) is 0. The molecule has 3 aromatic carbocycles. The molecule has 0 amide bonds. The second kappa shape index (κ2) is 12.4. The molecule has 6 rings (SSSR count). The van der Waals surface area contributed by atoms with Crippen molar-refractivity contribution in [2.24, 2.45) is 4.99 Å². The zero-order valence-electron chi connectivity index (χ0n) is 25.2. The van der Waals surface area contributed by atoms with Crippen molar-refractivity contribution in [1.29, 1.82) is 0 Å². The highest BCUT2D eigenvalue weighted by atomic mass is 32.1. The van der Waals surface area contributed by atoms with Gasteiger partial charge >= 0.3 is 12.1 Å². The lowest BCUT2D eigenvalue weighted by Gasteiger charge is -2.26. The van der Waals surface area contributed by atoms with Crippen LogP contribution in [-0.2, 0) is 15.7 Å². The lowest BCUT2D eigenvalue weighted by molar-refractivity contribution is -0.139. The second-order valence-corrected chi connectivity index (χ2v) is 12.0. The summed E-state index contributed by atoms with van der Waals surface area (Å²) in [5.41, 5.74) is 2.25. The number of thiazole rings is 1. The van der Waals surface area contributed by atoms with Crippen LogP contribution in [0.4, 0.5) is 13.2 Å². The maximum Gasteiger partial charge on any atom is 0.416 e. The Morgan fingerprint density at radius 3 is 2.39 bits per heavy atom. The third-order valence-corrected chi connectivity index (χ3v) is 8.65. The first kappa shape index (κ1) is 31.0. The van der Waals surface area contributed by atoms with Gasteiger partial charge in [-0.25, -0.2) is 9.79 Å². The SMILES string of the molecule is CCOC(=O)C1=C(c2ccccc2)N=c2s/c(=C\c3ccc(-c4cccc(C(F)(F)F)c4)o3)c(=O)n2C1c1ccc(C(C)C)cc1. The molecule has 10 heteroatoms. The van der Waals surface area contributed by atoms with Crippen molar-refractivity contribution < 1.29 is 27.1 Å². The van der Waals surface area contributed by atoms with E-state index in [9.17, 15) is 22.8 Å². The minimum atomic E-state index is -4.49. The van der Waals surface area contributed by atoms with Gasteiger partial charge in [0, 0.05) is 17.2 Å². The fraction of sp³-hybridized carbons (Fsp3) is 0.194. The van der Waals surface area contributed by atoms with E-state index in [1.165, 1.54) is 22.8 Å². The number of hydrogen-bond donors (Lipinski definition) is 0. The average Bonchev–Trinajstić information content (AvgIpc) is 3.64. The third kappa shape index (κ3) is 6.00. The molecular weight excluding hydrogens is 613 g/mol. The summed E-state index contributed by atoms with van der Waals surface area (Å²) in [4.78, 5) is 33.0. The van der Waals surface area contributed by atoms with E-state index in [-0.39, 0.29) is 39.7 Å². The van der Waals surface area contributed by atoms with Gasteiger partial charge in [-0.2, -0.15) is 13.2 Å². The molecule has 0 spiro atoms. The van der Waals surface area contributed by atoms with Crippen LogP contribution < -0.4 is 14.9 Å². The highest BCUT2D eigenvalue weighted by molar-refractivity contribution is 7.07. The molecule has 0 saturated heterocycles. The summed E-state index contributed by atoms with van der Waals surface area (Å²) in [5.74, 6) is 0.215. The number of hydrogen-bond acceptors (Lipinski definition) is 6. The van der Waals surface area contributed by atoms with Gasteiger partial charge in [-0.1, -0.05) is 91.9 Å². The summed E-state index contributed by atoms with van der Waals surface area (Å²) in [6.45, 7) is 6.03. The molecule has 1 aliphatic heterocycles. The van der Waals surface area contributed by atoms with Crippen molar-refractivity contribution >= 4 is 29.1 Å². The predicted octanol–water partition coefficient (Wildman–Crippen LogP) is 7.34. The number of fused-ring (bicyclic) bond motifs is 1. The number of carbonyl (C=O) groups excluding carboxylic acids is 1. The van der Waals surface area contributed by atoms with Gasteiger partial charge in [-0.3, -0.25) is 9.36 Å². The van der Waals surface area contributed by atoms with Crippen molar-refractivity contribution in [1.82, 2.24) is 4.57 Å². The Kier molecular flexibility index (Phi) is 8.39. The fourth-order valence-corrected chi connectivity index (χ4v) is 6.36. The van der Waals surface area contributed by atoms with Crippen molar-refractivity contribution in [2.75, 3.05) is 6.61 Å². The van der Waals surface area contributed by atoms with E-state index in [1.807, 2.05) is 54.6 Å². The van der Waals surface area contributed by atoms with Gasteiger partial charge in [0.05, 0.1) is 34.0 Å². The van der Waals surface area contributed by atoms with Crippen LogP contribution in [0, 0.1) is 0 Å². The highest BCUT2D eigenvalue weighted by Crippen LogP contribution is 2.36. The first-order valence-corrected chi connectivity index (χ1v) is 15.5. The topological polar surface area (TPSA) is 73.8 Å². The molecule has 6 nitrogen and oxygen atoms in total. The van der Waals surface area contributed by atoms with E-state index >= 15 is 0 Å². The number of furan rings is 1. The first-order valence-electron chi connectivity index (χ1n) is 14.7. The number of rotatable bonds is 7. The number of nitrogens with zero attached hydrogens (tertiary/aromatic N) is 2. The molecule has 1 unspecified atom stereocenters. The first-order chi connectivity index (χ1) is 22.0. The van der Waals surface area contributed by atoms with E-state index in [0.29, 0.717) is 21.6 Å². The Morgan fingerprint density at radius 1 is 1.00 bits per heavy atom. The number of alkyl halides is 3. The molecule has 2 aromatic heterocycles. The molecule has 1 atom stereocenters. The zero-order chi connectivity index (χ0) is 32.6. The van der Waals surface area contributed by atoms with Crippen LogP contribution >= 0.6 is 11.3 Å². The van der Waals surface area contributed by atoms with Crippen molar-refractivity contribution in [3.05, 3.63) is 144 Å². The summed E-state index contributed by atoms with van der Waals surface area (Å²) in [7, 11) is 0. The van der Waals surface area contributed by atoms with E-state index < -0.39 is 29.3 Å². The van der Waals surface area contributed by atoms with Gasteiger partial charge < -0.3 is 9.15 Å². The minimum Gasteiger partial charge on any atom is -0.463 e. The summed E-state index contributed by atoms with van der Waals surface area (Å²) in [6, 6.07) is 24.2. The Bertz CT molecular complexity index is 2120. The Balaban J connectivity index is 1.52. The van der Waals surface area contributed by atoms with Crippen molar-refractivity contribution in [2.45, 2.75) is 38.9 Å². The maximum absolute atomic E-state index is 14.1. The number of aromatic nitrogens is 1. The van der Waals surface area contributed by atoms with Crippen molar-refractivity contribution in [3.8, 4) is 11.3 Å². The number of halogens is 3. The maximum atomic E-state index is 14.1. The van der Waals surface area contributed by atoms with Crippen LogP contribution in [0.3, 0.4) is 0 Å². The van der Waals surface area contributed by atoms with E-state index in [0.717, 1.165) is 29.0 Å². The molecule has 0 bridgehead atoms. The molecule has 0 aliphatic carbocycles. The number of carbonyl (C=O) groups is 1. The van der Waals surface area contributed by atoms with Crippen LogP contribution in [0.1, 0.15) is 60.7 Å². The number of esters is 1. The minimum absolute atomic E-state index is 0.139. The summed E-state index contributed by atoms with van der Waals surface area (Å²) in [6.07, 6.45) is -2.96. The van der Waals surface area contributed by atoms with Crippen LogP contribution in [0.25, 0.3) is 23.1 Å². The monoisotopic (exact) mass is 642 g/mol. The largest absolute Gasteiger partial charge is 0.463 e. The molecule has 234 valence electrons. The van der Waals surface area contributed by atoms with Gasteiger partial charge in [0.1, 0.15) is 11.5 Å². The third-order valence-electron chi connectivity index (χ3n) is 7.67. The lowest BCUT2D eigenvalue weighted by Crippen LogP contribution is -2.40. The van der Waals surface area contributed by atoms with Gasteiger partial charge in [-0.15, -0.1) is 0 Å².